The van der Waals surface area contributed by atoms with Gasteiger partial charge in [0.25, 0.3) is 5.91 Å². The Bertz CT molecular complexity index is 522. The Balaban J connectivity index is 2.18. The van der Waals surface area contributed by atoms with E-state index >= 15 is 0 Å². The Morgan fingerprint density at radius 3 is 2.84 bits per heavy atom. The van der Waals surface area contributed by atoms with E-state index in [9.17, 15) is 9.59 Å². The van der Waals surface area contributed by atoms with Crippen LogP contribution in [0.2, 0.25) is 0 Å². The third-order valence-electron chi connectivity index (χ3n) is 3.37. The minimum atomic E-state index is -0.995. The summed E-state index contributed by atoms with van der Waals surface area (Å²) in [5, 5.41) is 8.60. The third-order valence-corrected chi connectivity index (χ3v) is 3.37. The zero-order chi connectivity index (χ0) is 13.8. The maximum absolute atomic E-state index is 12.3. The summed E-state index contributed by atoms with van der Waals surface area (Å²) >= 11 is 0. The van der Waals surface area contributed by atoms with Crippen molar-refractivity contribution in [2.45, 2.75) is 25.8 Å². The van der Waals surface area contributed by atoms with E-state index in [0.29, 0.717) is 5.56 Å². The normalized spacial score (nSPS) is 19.0. The smallest absolute Gasteiger partial charge is 0.328 e. The van der Waals surface area contributed by atoms with Crippen LogP contribution in [0.1, 0.15) is 35.7 Å². The predicted octanol–water partition coefficient (Wildman–Crippen LogP) is 2.41. The van der Waals surface area contributed by atoms with E-state index in [-0.39, 0.29) is 11.9 Å². The standard InChI is InChI=1S/C15H17NO3/c1-11-4-3-9-16(11)15(19)13-6-2-5-12(10-13)7-8-14(17)18/h2,5-8,10-11H,3-4,9H2,1H3,(H,17,18). The van der Waals surface area contributed by atoms with Crippen LogP contribution in [0.15, 0.2) is 30.3 Å². The Kier molecular flexibility index (Phi) is 4.00. The quantitative estimate of drug-likeness (QED) is 0.848. The van der Waals surface area contributed by atoms with Crippen molar-refractivity contribution in [1.29, 1.82) is 0 Å². The van der Waals surface area contributed by atoms with E-state index in [4.69, 9.17) is 5.11 Å². The minimum Gasteiger partial charge on any atom is -0.478 e. The molecule has 1 heterocycles. The summed E-state index contributed by atoms with van der Waals surface area (Å²) in [4.78, 5) is 24.7. The summed E-state index contributed by atoms with van der Waals surface area (Å²) in [7, 11) is 0. The molecule has 1 aliphatic heterocycles. The number of carbonyl (C=O) groups is 2. The van der Waals surface area contributed by atoms with E-state index in [1.54, 1.807) is 24.3 Å². The number of rotatable bonds is 3. The number of amides is 1. The van der Waals surface area contributed by atoms with Gasteiger partial charge in [-0.2, -0.15) is 0 Å². The molecule has 100 valence electrons. The number of carboxylic acids is 1. The molecule has 4 heteroatoms. The number of nitrogens with zero attached hydrogens (tertiary/aromatic N) is 1. The summed E-state index contributed by atoms with van der Waals surface area (Å²) in [5.74, 6) is -0.972. The topological polar surface area (TPSA) is 57.6 Å². The zero-order valence-corrected chi connectivity index (χ0v) is 10.9. The molecule has 19 heavy (non-hydrogen) atoms. The molecule has 0 spiro atoms. The third kappa shape index (κ3) is 3.22. The molecule has 4 nitrogen and oxygen atoms in total. The van der Waals surface area contributed by atoms with Crippen molar-refractivity contribution in [1.82, 2.24) is 4.90 Å². The van der Waals surface area contributed by atoms with Crippen LogP contribution in [0.3, 0.4) is 0 Å². The lowest BCUT2D eigenvalue weighted by Crippen LogP contribution is -2.33. The second-order valence-electron chi connectivity index (χ2n) is 4.79. The highest BCUT2D eigenvalue weighted by Gasteiger charge is 2.25. The average Bonchev–Trinajstić information content (AvgIpc) is 2.82. The molecule has 2 rings (SSSR count). The molecular formula is C15H17NO3. The Labute approximate surface area is 112 Å². The van der Waals surface area contributed by atoms with Gasteiger partial charge < -0.3 is 10.0 Å². The molecule has 0 saturated carbocycles. The number of carbonyl (C=O) groups excluding carboxylic acids is 1. The van der Waals surface area contributed by atoms with Crippen LogP contribution in [-0.4, -0.2) is 34.5 Å². The molecule has 1 aromatic carbocycles. The summed E-state index contributed by atoms with van der Waals surface area (Å²) < 4.78 is 0. The van der Waals surface area contributed by atoms with Crippen LogP contribution in [0.5, 0.6) is 0 Å². The summed E-state index contributed by atoms with van der Waals surface area (Å²) in [6.07, 6.45) is 4.66. The first kappa shape index (κ1) is 13.3. The average molecular weight is 259 g/mol. The monoisotopic (exact) mass is 259 g/mol. The zero-order valence-electron chi connectivity index (χ0n) is 10.9. The van der Waals surface area contributed by atoms with Crippen LogP contribution in [0.4, 0.5) is 0 Å². The number of likely N-dealkylation sites (tertiary alicyclic amines) is 1. The minimum absolute atomic E-state index is 0.0237. The van der Waals surface area contributed by atoms with E-state index < -0.39 is 5.97 Å². The molecule has 0 aliphatic carbocycles. The van der Waals surface area contributed by atoms with Gasteiger partial charge in [0, 0.05) is 24.2 Å². The first-order valence-corrected chi connectivity index (χ1v) is 6.40. The summed E-state index contributed by atoms with van der Waals surface area (Å²) in [6.45, 7) is 2.86. The molecule has 0 radical (unpaired) electrons. The van der Waals surface area contributed by atoms with Gasteiger partial charge in [-0.15, -0.1) is 0 Å². The van der Waals surface area contributed by atoms with Gasteiger partial charge >= 0.3 is 5.97 Å². The molecular weight excluding hydrogens is 242 g/mol. The fraction of sp³-hybridized carbons (Fsp3) is 0.333. The molecule has 1 amide bonds. The van der Waals surface area contributed by atoms with Crippen molar-refractivity contribution >= 4 is 18.0 Å². The van der Waals surface area contributed by atoms with Crippen molar-refractivity contribution in [3.63, 3.8) is 0 Å². The van der Waals surface area contributed by atoms with Crippen molar-refractivity contribution < 1.29 is 14.7 Å². The fourth-order valence-corrected chi connectivity index (χ4v) is 2.34. The van der Waals surface area contributed by atoms with Crippen LogP contribution in [-0.2, 0) is 4.79 Å². The number of carboxylic acid groups (broad SMARTS) is 1. The lowest BCUT2D eigenvalue weighted by molar-refractivity contribution is -0.131. The largest absolute Gasteiger partial charge is 0.478 e. The van der Waals surface area contributed by atoms with Crippen LogP contribution < -0.4 is 0 Å². The number of benzene rings is 1. The Hall–Kier alpha value is -2.10. The van der Waals surface area contributed by atoms with Gasteiger partial charge in [0.2, 0.25) is 0 Å². The van der Waals surface area contributed by atoms with Gasteiger partial charge in [0.05, 0.1) is 0 Å². The highest BCUT2D eigenvalue weighted by atomic mass is 16.4. The van der Waals surface area contributed by atoms with E-state index in [1.807, 2.05) is 4.90 Å². The van der Waals surface area contributed by atoms with Crippen molar-refractivity contribution in [3.05, 3.63) is 41.5 Å². The predicted molar refractivity (Wildman–Crippen MR) is 72.8 cm³/mol. The molecule has 1 atom stereocenters. The van der Waals surface area contributed by atoms with Gasteiger partial charge in [-0.25, -0.2) is 4.79 Å². The molecule has 1 saturated heterocycles. The number of hydrogen-bond acceptors (Lipinski definition) is 2. The molecule has 1 N–H and O–H groups in total. The lowest BCUT2D eigenvalue weighted by Gasteiger charge is -2.21. The number of aliphatic carboxylic acids is 1. The van der Waals surface area contributed by atoms with E-state index in [1.165, 1.54) is 6.08 Å². The van der Waals surface area contributed by atoms with Gasteiger partial charge in [-0.1, -0.05) is 12.1 Å². The van der Waals surface area contributed by atoms with E-state index in [2.05, 4.69) is 6.92 Å². The molecule has 1 aliphatic rings. The second kappa shape index (κ2) is 5.69. The highest BCUT2D eigenvalue weighted by molar-refractivity contribution is 5.95. The molecule has 1 unspecified atom stereocenters. The summed E-state index contributed by atoms with van der Waals surface area (Å²) in [6, 6.07) is 7.34. The van der Waals surface area contributed by atoms with Crippen molar-refractivity contribution in [3.8, 4) is 0 Å². The van der Waals surface area contributed by atoms with Gasteiger partial charge in [-0.05, 0) is 43.5 Å². The fourth-order valence-electron chi connectivity index (χ4n) is 2.34. The maximum atomic E-state index is 12.3. The van der Waals surface area contributed by atoms with Crippen LogP contribution >= 0.6 is 0 Å². The Morgan fingerprint density at radius 1 is 1.42 bits per heavy atom. The SMILES string of the molecule is CC1CCCN1C(=O)c1cccc(C=CC(=O)O)c1. The number of hydrogen-bond donors (Lipinski definition) is 1. The molecule has 1 fully saturated rings. The van der Waals surface area contributed by atoms with Crippen molar-refractivity contribution in [2.24, 2.45) is 0 Å². The summed E-state index contributed by atoms with van der Waals surface area (Å²) in [5.41, 5.74) is 1.33. The molecule has 0 bridgehead atoms. The lowest BCUT2D eigenvalue weighted by atomic mass is 10.1. The first-order chi connectivity index (χ1) is 9.08. The van der Waals surface area contributed by atoms with Crippen LogP contribution in [0, 0.1) is 0 Å². The van der Waals surface area contributed by atoms with Crippen molar-refractivity contribution in [2.75, 3.05) is 6.54 Å². The maximum Gasteiger partial charge on any atom is 0.328 e. The van der Waals surface area contributed by atoms with Gasteiger partial charge in [-0.3, -0.25) is 4.79 Å². The Morgan fingerprint density at radius 2 is 2.21 bits per heavy atom. The van der Waals surface area contributed by atoms with Gasteiger partial charge in [0.15, 0.2) is 0 Å². The molecule has 0 aromatic heterocycles. The first-order valence-electron chi connectivity index (χ1n) is 6.40. The highest BCUT2D eigenvalue weighted by Crippen LogP contribution is 2.20. The van der Waals surface area contributed by atoms with Gasteiger partial charge in [0.1, 0.15) is 0 Å². The molecule has 1 aromatic rings. The van der Waals surface area contributed by atoms with Crippen LogP contribution in [0.25, 0.3) is 6.08 Å². The van der Waals surface area contributed by atoms with E-state index in [0.717, 1.165) is 31.0 Å². The second-order valence-corrected chi connectivity index (χ2v) is 4.79.